The number of anilines is 1. The zero-order chi connectivity index (χ0) is 29.2. The lowest BCUT2D eigenvalue weighted by Gasteiger charge is -2.32. The molecule has 1 atom stereocenters. The van der Waals surface area contributed by atoms with Crippen molar-refractivity contribution in [3.63, 3.8) is 0 Å². The first-order chi connectivity index (χ1) is 20.5. The number of hydrogen-bond donors (Lipinski definition) is 0. The lowest BCUT2D eigenvalue weighted by atomic mass is 9.93. The van der Waals surface area contributed by atoms with E-state index >= 15 is 0 Å². The summed E-state index contributed by atoms with van der Waals surface area (Å²) in [7, 11) is 2.12. The molecule has 0 radical (unpaired) electrons. The molecule has 4 aromatic rings. The number of esters is 1. The zero-order valence-electron chi connectivity index (χ0n) is 23.8. The van der Waals surface area contributed by atoms with Crippen LogP contribution in [-0.4, -0.2) is 61.5 Å². The third kappa shape index (κ3) is 5.49. The van der Waals surface area contributed by atoms with Crippen LogP contribution in [0.25, 0.3) is 11.8 Å². The fraction of sp³-hybridized carbons (Fsp3) is 0.281. The molecule has 6 rings (SSSR count). The number of benzene rings is 2. The number of fused-ring (bicyclic) bond motifs is 1. The molecule has 0 unspecified atom stereocenters. The summed E-state index contributed by atoms with van der Waals surface area (Å²) in [6.45, 7) is 5.71. The molecule has 0 aliphatic carbocycles. The maximum absolute atomic E-state index is 14.1. The summed E-state index contributed by atoms with van der Waals surface area (Å²) in [5.41, 5.74) is 2.21. The lowest BCUT2D eigenvalue weighted by molar-refractivity contribution is -0.138. The van der Waals surface area contributed by atoms with Gasteiger partial charge in [-0.25, -0.2) is 9.79 Å². The summed E-state index contributed by atoms with van der Waals surface area (Å²) in [6.07, 6.45) is 3.78. The second-order valence-corrected chi connectivity index (χ2v) is 12.1. The van der Waals surface area contributed by atoms with Crippen LogP contribution in [0.2, 0.25) is 0 Å². The molecule has 0 spiro atoms. The number of nitrogens with zero attached hydrogens (tertiary/aromatic N) is 4. The Morgan fingerprint density at radius 3 is 2.50 bits per heavy atom. The topological polar surface area (TPSA) is 80.3 Å². The van der Waals surface area contributed by atoms with E-state index in [-0.39, 0.29) is 12.2 Å². The average molecular weight is 601 g/mol. The van der Waals surface area contributed by atoms with Crippen LogP contribution in [0.3, 0.4) is 0 Å². The van der Waals surface area contributed by atoms with Gasteiger partial charge < -0.3 is 19.0 Å². The van der Waals surface area contributed by atoms with Crippen molar-refractivity contribution in [3.8, 4) is 0 Å². The van der Waals surface area contributed by atoms with E-state index in [9.17, 15) is 9.59 Å². The minimum atomic E-state index is -0.703. The van der Waals surface area contributed by atoms with Crippen molar-refractivity contribution in [1.29, 1.82) is 0 Å². The van der Waals surface area contributed by atoms with Gasteiger partial charge in [0.15, 0.2) is 10.7 Å². The van der Waals surface area contributed by atoms with E-state index in [2.05, 4.69) is 16.8 Å². The van der Waals surface area contributed by atoms with Gasteiger partial charge in [-0.3, -0.25) is 9.36 Å². The monoisotopic (exact) mass is 600 g/mol. The van der Waals surface area contributed by atoms with E-state index in [1.807, 2.05) is 73.0 Å². The van der Waals surface area contributed by atoms with Gasteiger partial charge >= 0.3 is 5.97 Å². The number of thiazole rings is 1. The van der Waals surface area contributed by atoms with E-state index in [0.29, 0.717) is 26.4 Å². The minimum Gasteiger partial charge on any atom is -0.463 e. The predicted molar refractivity (Wildman–Crippen MR) is 168 cm³/mol. The van der Waals surface area contributed by atoms with Crippen LogP contribution in [0.1, 0.15) is 29.9 Å². The van der Waals surface area contributed by atoms with E-state index in [1.165, 1.54) is 11.3 Å². The largest absolute Gasteiger partial charge is 0.463 e. The number of aromatic nitrogens is 1. The molecule has 0 amide bonds. The molecule has 0 saturated carbocycles. The fourth-order valence-electron chi connectivity index (χ4n) is 5.29. The highest BCUT2D eigenvalue weighted by Crippen LogP contribution is 2.35. The molecule has 1 saturated heterocycles. The van der Waals surface area contributed by atoms with Gasteiger partial charge in [0.1, 0.15) is 5.76 Å². The number of piperazine rings is 1. The molecule has 10 heteroatoms. The molecular formula is C32H32N4O4S2. The van der Waals surface area contributed by atoms with Gasteiger partial charge in [0.05, 0.1) is 28.5 Å². The Labute approximate surface area is 252 Å². The van der Waals surface area contributed by atoms with Crippen LogP contribution in [-0.2, 0) is 9.53 Å². The second kappa shape index (κ2) is 12.2. The van der Waals surface area contributed by atoms with E-state index < -0.39 is 12.0 Å². The molecule has 2 aromatic carbocycles. The van der Waals surface area contributed by atoms with Crippen LogP contribution < -0.4 is 19.8 Å². The van der Waals surface area contributed by atoms with Crippen molar-refractivity contribution in [1.82, 2.24) is 9.47 Å². The lowest BCUT2D eigenvalue weighted by Crippen LogP contribution is -2.44. The van der Waals surface area contributed by atoms with Crippen LogP contribution in [0.5, 0.6) is 0 Å². The molecule has 2 aliphatic rings. The first kappa shape index (κ1) is 28.3. The number of ether oxygens (including phenoxy) is 1. The van der Waals surface area contributed by atoms with Gasteiger partial charge in [0.2, 0.25) is 0 Å². The van der Waals surface area contributed by atoms with Crippen molar-refractivity contribution in [2.75, 3.05) is 51.0 Å². The highest BCUT2D eigenvalue weighted by Gasteiger charge is 2.35. The average Bonchev–Trinajstić information content (AvgIpc) is 3.61. The van der Waals surface area contributed by atoms with Gasteiger partial charge in [-0.15, -0.1) is 11.8 Å². The van der Waals surface area contributed by atoms with Crippen molar-refractivity contribution in [2.45, 2.75) is 17.9 Å². The molecular weight excluding hydrogens is 569 g/mol. The van der Waals surface area contributed by atoms with Crippen molar-refractivity contribution in [2.24, 2.45) is 4.99 Å². The second-order valence-electron chi connectivity index (χ2n) is 10.2. The molecule has 4 heterocycles. The number of furan rings is 1. The molecule has 216 valence electrons. The number of carbonyl (C=O) groups is 1. The molecule has 2 aliphatic heterocycles. The van der Waals surface area contributed by atoms with Crippen molar-refractivity contribution >= 4 is 46.7 Å². The normalized spacial score (nSPS) is 17.7. The smallest absolute Gasteiger partial charge is 0.338 e. The number of thioether (sulfide) groups is 1. The Morgan fingerprint density at radius 2 is 1.81 bits per heavy atom. The number of rotatable bonds is 7. The van der Waals surface area contributed by atoms with Crippen molar-refractivity contribution in [3.05, 3.63) is 109 Å². The standard InChI is InChI=1S/C32H32N4O4S2/c1-4-39-31(38)27-28(21-8-6-5-7-9-21)33-32-36(29(27)22-10-13-24(41-3)14-11-22)30(37)25(42-32)20-23-12-15-26(40-23)35-18-16-34(2)17-19-35/h5-15,20,29H,4,16-19H2,1-3H3/b25-20+/t29-/m1/s1. The molecule has 0 bridgehead atoms. The Hall–Kier alpha value is -3.86. The third-order valence-corrected chi connectivity index (χ3v) is 9.23. The van der Waals surface area contributed by atoms with Crippen molar-refractivity contribution < 1.29 is 13.9 Å². The quantitative estimate of drug-likeness (QED) is 0.234. The summed E-state index contributed by atoms with van der Waals surface area (Å²) >= 11 is 2.92. The van der Waals surface area contributed by atoms with Gasteiger partial charge in [-0.2, -0.15) is 0 Å². The summed E-state index contributed by atoms with van der Waals surface area (Å²) in [5, 5.41) is 0. The summed E-state index contributed by atoms with van der Waals surface area (Å²) < 4.78 is 13.8. The summed E-state index contributed by atoms with van der Waals surface area (Å²) in [4.78, 5) is 38.7. The Kier molecular flexibility index (Phi) is 8.19. The molecule has 2 aromatic heterocycles. The maximum Gasteiger partial charge on any atom is 0.338 e. The van der Waals surface area contributed by atoms with Crippen LogP contribution in [0, 0.1) is 0 Å². The van der Waals surface area contributed by atoms with Gasteiger partial charge in [0.25, 0.3) is 5.56 Å². The Bertz CT molecular complexity index is 1800. The molecule has 1 fully saturated rings. The van der Waals surface area contributed by atoms with E-state index in [1.54, 1.807) is 29.3 Å². The number of carbonyl (C=O) groups excluding carboxylic acids is 1. The minimum absolute atomic E-state index is 0.209. The summed E-state index contributed by atoms with van der Waals surface area (Å²) in [6, 6.07) is 20.7. The molecule has 0 N–H and O–H groups in total. The number of likely N-dealkylation sites (N-methyl/N-ethyl adjacent to an activating group) is 1. The first-order valence-corrected chi connectivity index (χ1v) is 16.0. The molecule has 42 heavy (non-hydrogen) atoms. The Balaban J connectivity index is 1.51. The highest BCUT2D eigenvalue weighted by molar-refractivity contribution is 7.98. The maximum atomic E-state index is 14.1. The molecule has 8 nitrogen and oxygen atoms in total. The summed E-state index contributed by atoms with van der Waals surface area (Å²) in [5.74, 6) is 0.906. The number of hydrogen-bond acceptors (Lipinski definition) is 9. The van der Waals surface area contributed by atoms with E-state index in [0.717, 1.165) is 48.1 Å². The third-order valence-electron chi connectivity index (χ3n) is 7.51. The SMILES string of the molecule is CCOC(=O)C1=C(c2ccccc2)N=c2s/c(=C/c3ccc(N4CCN(C)CC4)o3)c(=O)n2[C@@H]1c1ccc(SC)cc1. The van der Waals surface area contributed by atoms with Gasteiger partial charge in [-0.1, -0.05) is 53.8 Å². The first-order valence-electron chi connectivity index (χ1n) is 13.9. The Morgan fingerprint density at radius 1 is 1.07 bits per heavy atom. The van der Waals surface area contributed by atoms with Crippen LogP contribution in [0.15, 0.2) is 91.4 Å². The highest BCUT2D eigenvalue weighted by atomic mass is 32.2. The fourth-order valence-corrected chi connectivity index (χ4v) is 6.68. The zero-order valence-corrected chi connectivity index (χ0v) is 25.4. The van der Waals surface area contributed by atoms with Crippen LogP contribution in [0.4, 0.5) is 5.88 Å². The van der Waals surface area contributed by atoms with Crippen LogP contribution >= 0.6 is 23.1 Å². The van der Waals surface area contributed by atoms with Gasteiger partial charge in [0, 0.05) is 48.8 Å². The predicted octanol–water partition coefficient (Wildman–Crippen LogP) is 4.00. The van der Waals surface area contributed by atoms with Gasteiger partial charge in [-0.05, 0) is 44.0 Å². The van der Waals surface area contributed by atoms with E-state index in [4.69, 9.17) is 14.1 Å².